The molecule has 9 heteroatoms. The van der Waals surface area contributed by atoms with Gasteiger partial charge in [-0.3, -0.25) is 19.3 Å². The Morgan fingerprint density at radius 1 is 1.00 bits per heavy atom. The molecule has 0 spiro atoms. The Morgan fingerprint density at radius 2 is 1.72 bits per heavy atom. The highest BCUT2D eigenvalue weighted by molar-refractivity contribution is 6.30. The van der Waals surface area contributed by atoms with E-state index < -0.39 is 6.10 Å². The van der Waals surface area contributed by atoms with Gasteiger partial charge < -0.3 is 14.5 Å². The summed E-state index contributed by atoms with van der Waals surface area (Å²) in [6.45, 7) is 5.80. The number of nitrogens with zero attached hydrogens (tertiary/aromatic N) is 3. The van der Waals surface area contributed by atoms with Crippen molar-refractivity contribution in [3.05, 3.63) is 93.8 Å². The largest absolute Gasteiger partial charge is 0.481 e. The Kier molecular flexibility index (Phi) is 7.57. The molecule has 0 N–H and O–H groups in total. The summed E-state index contributed by atoms with van der Waals surface area (Å²) in [6.07, 6.45) is -0.219. The first kappa shape index (κ1) is 26.7. The quantitative estimate of drug-likeness (QED) is 0.398. The summed E-state index contributed by atoms with van der Waals surface area (Å²) in [6, 6.07) is 16.6. The maximum absolute atomic E-state index is 13.4. The van der Waals surface area contributed by atoms with E-state index in [9.17, 15) is 18.8 Å². The zero-order chi connectivity index (χ0) is 27.7. The number of amides is 3. The summed E-state index contributed by atoms with van der Waals surface area (Å²) in [4.78, 5) is 44.6. The molecule has 0 aromatic heterocycles. The van der Waals surface area contributed by atoms with Crippen molar-refractivity contribution in [2.45, 2.75) is 26.4 Å². The van der Waals surface area contributed by atoms with Crippen molar-refractivity contribution < 1.29 is 23.5 Å². The Hall–Kier alpha value is -3.91. The molecule has 0 saturated carbocycles. The number of halogens is 2. The third-order valence-corrected chi connectivity index (χ3v) is 7.47. The monoisotopic (exact) mass is 549 g/mol. The van der Waals surface area contributed by atoms with E-state index in [1.165, 1.54) is 17.0 Å². The van der Waals surface area contributed by atoms with E-state index in [1.54, 1.807) is 54.3 Å². The normalized spacial score (nSPS) is 15.9. The Bertz CT molecular complexity index is 1420. The molecular weight excluding hydrogens is 521 g/mol. The second-order valence-corrected chi connectivity index (χ2v) is 10.3. The van der Waals surface area contributed by atoms with E-state index in [-0.39, 0.29) is 30.1 Å². The third-order valence-electron chi connectivity index (χ3n) is 7.23. The average Bonchev–Trinajstić information content (AvgIpc) is 3.18. The maximum Gasteiger partial charge on any atom is 0.263 e. The molecule has 3 amide bonds. The first-order valence-corrected chi connectivity index (χ1v) is 13.3. The topological polar surface area (TPSA) is 70.2 Å². The van der Waals surface area contributed by atoms with Crippen LogP contribution in [0.2, 0.25) is 5.02 Å². The summed E-state index contributed by atoms with van der Waals surface area (Å²) < 4.78 is 19.1. The van der Waals surface area contributed by atoms with Crippen LogP contribution in [-0.4, -0.2) is 66.3 Å². The van der Waals surface area contributed by atoms with Crippen LogP contribution < -0.4 is 9.64 Å². The Labute approximate surface area is 231 Å². The zero-order valence-electron chi connectivity index (χ0n) is 21.8. The second kappa shape index (κ2) is 11.1. The van der Waals surface area contributed by atoms with Crippen LogP contribution in [0.4, 0.5) is 10.1 Å². The molecule has 3 aromatic carbocycles. The Morgan fingerprint density at radius 3 is 2.41 bits per heavy atom. The van der Waals surface area contributed by atoms with Crippen LogP contribution in [0.25, 0.3) is 0 Å². The SMILES string of the molecule is Cc1cc(Cl)ccc1O[C@H](C)C(=O)N1CCN(c2cccc3c2C(=O)N(CCc2ccc(F)cc2)C3=O)CC1. The lowest BCUT2D eigenvalue weighted by molar-refractivity contribution is -0.138. The minimum absolute atomic E-state index is 0.111. The maximum atomic E-state index is 13.4. The van der Waals surface area contributed by atoms with E-state index in [2.05, 4.69) is 0 Å². The molecule has 1 fully saturated rings. The third kappa shape index (κ3) is 5.47. The first-order valence-electron chi connectivity index (χ1n) is 12.9. The van der Waals surface area contributed by atoms with E-state index in [4.69, 9.17) is 16.3 Å². The molecule has 0 radical (unpaired) electrons. The number of ether oxygens (including phenoxy) is 1. The number of carbonyl (C=O) groups excluding carboxylic acids is 3. The molecule has 2 aliphatic rings. The number of imide groups is 1. The van der Waals surface area contributed by atoms with Crippen LogP contribution >= 0.6 is 11.6 Å². The van der Waals surface area contributed by atoms with E-state index in [0.29, 0.717) is 60.2 Å². The van der Waals surface area contributed by atoms with Crippen molar-refractivity contribution >= 4 is 35.0 Å². The lowest BCUT2D eigenvalue weighted by atomic mass is 10.1. The highest BCUT2D eigenvalue weighted by Crippen LogP contribution is 2.33. The highest BCUT2D eigenvalue weighted by Gasteiger charge is 2.39. The van der Waals surface area contributed by atoms with Crippen LogP contribution in [-0.2, 0) is 11.2 Å². The summed E-state index contributed by atoms with van der Waals surface area (Å²) in [5.74, 6) is -0.473. The molecule has 1 atom stereocenters. The summed E-state index contributed by atoms with van der Waals surface area (Å²) in [7, 11) is 0. The van der Waals surface area contributed by atoms with Gasteiger partial charge >= 0.3 is 0 Å². The number of hydrogen-bond donors (Lipinski definition) is 0. The lowest BCUT2D eigenvalue weighted by Crippen LogP contribution is -2.52. The van der Waals surface area contributed by atoms with Gasteiger partial charge in [0.25, 0.3) is 17.7 Å². The van der Waals surface area contributed by atoms with E-state index in [1.807, 2.05) is 17.9 Å². The van der Waals surface area contributed by atoms with Crippen LogP contribution in [0.15, 0.2) is 60.7 Å². The van der Waals surface area contributed by atoms with Gasteiger partial charge in [0.1, 0.15) is 11.6 Å². The number of rotatable bonds is 7. The highest BCUT2D eigenvalue weighted by atomic mass is 35.5. The van der Waals surface area contributed by atoms with Crippen LogP contribution in [0.5, 0.6) is 5.75 Å². The molecule has 3 aromatic rings. The fourth-order valence-electron chi connectivity index (χ4n) is 5.09. The molecule has 1 saturated heterocycles. The molecule has 0 aliphatic carbocycles. The second-order valence-electron chi connectivity index (χ2n) is 9.82. The molecule has 0 bridgehead atoms. The van der Waals surface area contributed by atoms with Gasteiger partial charge in [-0.25, -0.2) is 4.39 Å². The standard InChI is InChI=1S/C30H29ClFN3O4/c1-19-18-22(31)8-11-26(19)39-20(2)28(36)34-16-14-33(15-17-34)25-5-3-4-24-27(25)30(38)35(29(24)37)13-12-21-6-9-23(32)10-7-21/h3-11,18,20H,12-17H2,1-2H3/t20-/m1/s1. The zero-order valence-corrected chi connectivity index (χ0v) is 22.6. The van der Waals surface area contributed by atoms with Gasteiger partial charge in [-0.2, -0.15) is 0 Å². The number of piperazine rings is 1. The van der Waals surface area contributed by atoms with Gasteiger partial charge in [0, 0.05) is 37.7 Å². The molecule has 2 heterocycles. The van der Waals surface area contributed by atoms with Crippen molar-refractivity contribution in [2.24, 2.45) is 0 Å². The van der Waals surface area contributed by atoms with Gasteiger partial charge in [-0.05, 0) is 73.9 Å². The Balaban J connectivity index is 1.23. The summed E-state index contributed by atoms with van der Waals surface area (Å²) in [5.41, 5.74) is 3.18. The summed E-state index contributed by atoms with van der Waals surface area (Å²) in [5, 5.41) is 0.610. The fraction of sp³-hybridized carbons (Fsp3) is 0.300. The van der Waals surface area contributed by atoms with Gasteiger partial charge in [0.15, 0.2) is 6.10 Å². The van der Waals surface area contributed by atoms with Gasteiger partial charge in [-0.15, -0.1) is 0 Å². The number of aryl methyl sites for hydroxylation is 1. The van der Waals surface area contributed by atoms with Crippen LogP contribution in [0, 0.1) is 12.7 Å². The average molecular weight is 550 g/mol. The molecule has 5 rings (SSSR count). The number of carbonyl (C=O) groups is 3. The summed E-state index contributed by atoms with van der Waals surface area (Å²) >= 11 is 6.02. The van der Waals surface area contributed by atoms with Crippen LogP contribution in [0.3, 0.4) is 0 Å². The lowest BCUT2D eigenvalue weighted by Gasteiger charge is -2.37. The molecule has 2 aliphatic heterocycles. The minimum atomic E-state index is -0.661. The number of anilines is 1. The predicted octanol–water partition coefficient (Wildman–Crippen LogP) is 4.74. The van der Waals surface area contributed by atoms with Gasteiger partial charge in [-0.1, -0.05) is 29.8 Å². The van der Waals surface area contributed by atoms with Crippen LogP contribution in [0.1, 0.15) is 38.8 Å². The van der Waals surface area contributed by atoms with Crippen molar-refractivity contribution in [1.29, 1.82) is 0 Å². The first-order chi connectivity index (χ1) is 18.7. The number of benzene rings is 3. The van der Waals surface area contributed by atoms with Crippen molar-refractivity contribution in [3.8, 4) is 5.75 Å². The van der Waals surface area contributed by atoms with Crippen molar-refractivity contribution in [2.75, 3.05) is 37.6 Å². The van der Waals surface area contributed by atoms with E-state index in [0.717, 1.165) is 11.1 Å². The van der Waals surface area contributed by atoms with E-state index >= 15 is 0 Å². The van der Waals surface area contributed by atoms with Gasteiger partial charge in [0.2, 0.25) is 0 Å². The minimum Gasteiger partial charge on any atom is -0.481 e. The molecule has 0 unspecified atom stereocenters. The molecule has 39 heavy (non-hydrogen) atoms. The number of hydrogen-bond acceptors (Lipinski definition) is 5. The molecular formula is C30H29ClFN3O4. The number of fused-ring (bicyclic) bond motifs is 1. The smallest absolute Gasteiger partial charge is 0.263 e. The fourth-order valence-corrected chi connectivity index (χ4v) is 5.31. The molecule has 7 nitrogen and oxygen atoms in total. The van der Waals surface area contributed by atoms with Crippen molar-refractivity contribution in [1.82, 2.24) is 9.80 Å². The predicted molar refractivity (Wildman–Crippen MR) is 147 cm³/mol. The van der Waals surface area contributed by atoms with Gasteiger partial charge in [0.05, 0.1) is 16.8 Å². The van der Waals surface area contributed by atoms with Crippen molar-refractivity contribution in [3.63, 3.8) is 0 Å². The molecule has 202 valence electrons.